The first-order valence-corrected chi connectivity index (χ1v) is 12.0. The number of aromatic nitrogens is 2. The van der Waals surface area contributed by atoms with Gasteiger partial charge in [0.1, 0.15) is 5.69 Å². The number of carbonyl (C=O) groups is 1. The van der Waals surface area contributed by atoms with Crippen LogP contribution in [-0.4, -0.2) is 30.1 Å². The van der Waals surface area contributed by atoms with E-state index in [0.717, 1.165) is 11.8 Å². The Morgan fingerprint density at radius 1 is 1.06 bits per heavy atom. The van der Waals surface area contributed by atoms with Gasteiger partial charge in [0.2, 0.25) is 10.0 Å². The number of hydrogen-bond acceptors (Lipinski definition) is 4. The first-order chi connectivity index (χ1) is 15.1. The van der Waals surface area contributed by atoms with Crippen molar-refractivity contribution in [2.75, 3.05) is 6.26 Å². The summed E-state index contributed by atoms with van der Waals surface area (Å²) < 4.78 is 27.4. The molecule has 10 heteroatoms. The van der Waals surface area contributed by atoms with E-state index in [1.54, 1.807) is 53.1 Å². The smallest absolute Gasteiger partial charge is 0.282 e. The Labute approximate surface area is 193 Å². The number of amides is 1. The highest BCUT2D eigenvalue weighted by atomic mass is 35.5. The van der Waals surface area contributed by atoms with E-state index >= 15 is 0 Å². The Bertz CT molecular complexity index is 1520. The summed E-state index contributed by atoms with van der Waals surface area (Å²) in [5, 5.41) is 1.46. The van der Waals surface area contributed by atoms with Gasteiger partial charge in [-0.1, -0.05) is 35.3 Å². The van der Waals surface area contributed by atoms with E-state index < -0.39 is 21.5 Å². The summed E-state index contributed by atoms with van der Waals surface area (Å²) in [5.41, 5.74) is 1.47. The zero-order valence-electron chi connectivity index (χ0n) is 16.7. The third-order valence-electron chi connectivity index (χ3n) is 4.84. The second-order valence-corrected chi connectivity index (χ2v) is 9.84. The number of carbonyl (C=O) groups excluding carboxylic acids is 1. The van der Waals surface area contributed by atoms with Crippen molar-refractivity contribution >= 4 is 50.0 Å². The van der Waals surface area contributed by atoms with Crippen molar-refractivity contribution in [2.45, 2.75) is 6.54 Å². The molecule has 2 heterocycles. The number of halogens is 2. The summed E-state index contributed by atoms with van der Waals surface area (Å²) in [7, 11) is -3.87. The number of fused-ring (bicyclic) bond motifs is 1. The highest BCUT2D eigenvalue weighted by Gasteiger charge is 2.27. The molecule has 0 fully saturated rings. The largest absolute Gasteiger partial charge is 0.331 e. The lowest BCUT2D eigenvalue weighted by Crippen LogP contribution is -2.31. The molecule has 0 aliphatic heterocycles. The molecule has 2 aromatic carbocycles. The van der Waals surface area contributed by atoms with Crippen molar-refractivity contribution in [3.05, 3.63) is 92.5 Å². The van der Waals surface area contributed by atoms with Crippen LogP contribution in [0.25, 0.3) is 22.0 Å². The number of pyridine rings is 1. The van der Waals surface area contributed by atoms with Crippen LogP contribution in [0.4, 0.5) is 0 Å². The summed E-state index contributed by atoms with van der Waals surface area (Å²) >= 11 is 12.4. The molecule has 2 aromatic heterocycles. The van der Waals surface area contributed by atoms with E-state index in [0.29, 0.717) is 20.9 Å². The van der Waals surface area contributed by atoms with Gasteiger partial charge in [-0.2, -0.15) is 0 Å². The topological polar surface area (TPSA) is 101 Å². The molecule has 0 unspecified atom stereocenters. The lowest BCUT2D eigenvalue weighted by molar-refractivity contribution is 0.0974. The summed E-state index contributed by atoms with van der Waals surface area (Å²) in [6.45, 7) is 0.204. The van der Waals surface area contributed by atoms with Crippen molar-refractivity contribution in [3.8, 4) is 11.1 Å². The molecular weight excluding hydrogens is 473 g/mol. The van der Waals surface area contributed by atoms with Crippen LogP contribution in [0.2, 0.25) is 10.0 Å². The Balaban J connectivity index is 2.09. The number of aromatic amines is 1. The Morgan fingerprint density at radius 3 is 2.50 bits per heavy atom. The summed E-state index contributed by atoms with van der Waals surface area (Å²) in [4.78, 5) is 28.5. The molecule has 0 saturated carbocycles. The number of nitrogens with one attached hydrogen (secondary N) is 2. The molecule has 0 aliphatic carbocycles. The second kappa shape index (κ2) is 8.46. The quantitative estimate of drug-likeness (QED) is 0.441. The molecule has 0 aliphatic rings. The van der Waals surface area contributed by atoms with Gasteiger partial charge in [0, 0.05) is 44.8 Å². The minimum Gasteiger partial charge on any atom is -0.331 e. The molecule has 2 N–H and O–H groups in total. The molecule has 32 heavy (non-hydrogen) atoms. The van der Waals surface area contributed by atoms with Gasteiger partial charge in [-0.25, -0.2) is 13.1 Å². The molecule has 0 saturated heterocycles. The van der Waals surface area contributed by atoms with E-state index in [2.05, 4.69) is 4.98 Å². The lowest BCUT2D eigenvalue weighted by Gasteiger charge is -2.12. The fourth-order valence-corrected chi connectivity index (χ4v) is 4.47. The Morgan fingerprint density at radius 2 is 1.81 bits per heavy atom. The predicted molar refractivity (Wildman–Crippen MR) is 126 cm³/mol. The highest BCUT2D eigenvalue weighted by molar-refractivity contribution is 7.89. The van der Waals surface area contributed by atoms with Crippen LogP contribution in [0.3, 0.4) is 0 Å². The molecule has 1 amide bonds. The maximum absolute atomic E-state index is 13.2. The van der Waals surface area contributed by atoms with Crippen LogP contribution in [-0.2, 0) is 16.6 Å². The van der Waals surface area contributed by atoms with E-state index in [-0.39, 0.29) is 23.4 Å². The fraction of sp³-hybridized carbons (Fsp3) is 0.0909. The van der Waals surface area contributed by atoms with E-state index in [4.69, 9.17) is 23.2 Å². The minimum atomic E-state index is -3.87. The van der Waals surface area contributed by atoms with Gasteiger partial charge >= 0.3 is 0 Å². The van der Waals surface area contributed by atoms with Crippen LogP contribution in [0.15, 0.2) is 65.6 Å². The number of H-pyrrole nitrogens is 1. The fourth-order valence-electron chi connectivity index (χ4n) is 3.65. The maximum Gasteiger partial charge on any atom is 0.282 e. The van der Waals surface area contributed by atoms with Gasteiger partial charge in [0.25, 0.3) is 11.5 Å². The maximum atomic E-state index is 13.2. The predicted octanol–water partition coefficient (Wildman–Crippen LogP) is 4.04. The molecule has 0 bridgehead atoms. The van der Waals surface area contributed by atoms with Crippen molar-refractivity contribution in [1.82, 2.24) is 14.3 Å². The third-order valence-corrected chi connectivity index (χ3v) is 5.86. The number of hydrogen-bond donors (Lipinski definition) is 2. The summed E-state index contributed by atoms with van der Waals surface area (Å²) in [6, 6.07) is 15.3. The van der Waals surface area contributed by atoms with Crippen molar-refractivity contribution in [3.63, 3.8) is 0 Å². The van der Waals surface area contributed by atoms with E-state index in [1.807, 2.05) is 10.8 Å². The third kappa shape index (κ3) is 4.43. The van der Waals surface area contributed by atoms with Crippen LogP contribution in [0, 0.1) is 0 Å². The van der Waals surface area contributed by atoms with Crippen LogP contribution in [0.5, 0.6) is 0 Å². The van der Waals surface area contributed by atoms with Gasteiger partial charge < -0.3 is 9.55 Å². The molecule has 7 nitrogen and oxygen atoms in total. The molecular formula is C22H17Cl2N3O4S. The standard InChI is InChI=1S/C22H17Cl2N3O4S/c1-32(30,31)26-22(29)20-19(16-6-3-9-25-21(16)28)17-11-15(24)7-8-18(17)27(20)12-13-4-2-5-14(23)10-13/h2-11H,12H2,1H3,(H,25,28)(H,26,29). The number of benzene rings is 2. The first-order valence-electron chi connectivity index (χ1n) is 9.40. The number of nitrogens with zero attached hydrogens (tertiary/aromatic N) is 1. The SMILES string of the molecule is CS(=O)(=O)NC(=O)c1c(-c2ccc[nH]c2=O)c2cc(Cl)ccc2n1Cc1cccc(Cl)c1. The van der Waals surface area contributed by atoms with Gasteiger partial charge in [-0.3, -0.25) is 9.59 Å². The van der Waals surface area contributed by atoms with Gasteiger partial charge in [-0.15, -0.1) is 0 Å². The zero-order valence-corrected chi connectivity index (χ0v) is 19.1. The molecule has 164 valence electrons. The summed E-state index contributed by atoms with van der Waals surface area (Å²) in [5.74, 6) is -0.861. The van der Waals surface area contributed by atoms with Crippen LogP contribution < -0.4 is 10.3 Å². The van der Waals surface area contributed by atoms with Crippen molar-refractivity contribution in [1.29, 1.82) is 0 Å². The molecule has 0 radical (unpaired) electrons. The summed E-state index contributed by atoms with van der Waals surface area (Å²) in [6.07, 6.45) is 2.36. The van der Waals surface area contributed by atoms with Gasteiger partial charge in [0.05, 0.1) is 6.26 Å². The van der Waals surface area contributed by atoms with Crippen molar-refractivity contribution < 1.29 is 13.2 Å². The van der Waals surface area contributed by atoms with E-state index in [1.165, 1.54) is 6.20 Å². The van der Waals surface area contributed by atoms with Crippen LogP contribution >= 0.6 is 23.2 Å². The molecule has 4 rings (SSSR count). The second-order valence-electron chi connectivity index (χ2n) is 7.22. The molecule has 0 atom stereocenters. The van der Waals surface area contributed by atoms with E-state index in [9.17, 15) is 18.0 Å². The zero-order chi connectivity index (χ0) is 23.0. The Kier molecular flexibility index (Phi) is 5.85. The van der Waals surface area contributed by atoms with Gasteiger partial charge in [-0.05, 0) is 48.0 Å². The Hall–Kier alpha value is -3.07. The average molecular weight is 490 g/mol. The number of rotatable bonds is 5. The molecule has 0 spiro atoms. The minimum absolute atomic E-state index is 0.0179. The molecule has 4 aromatic rings. The normalized spacial score (nSPS) is 11.6. The average Bonchev–Trinajstić information content (AvgIpc) is 3.00. The lowest BCUT2D eigenvalue weighted by atomic mass is 10.0. The van der Waals surface area contributed by atoms with Crippen molar-refractivity contribution in [2.24, 2.45) is 0 Å². The monoisotopic (exact) mass is 489 g/mol. The highest BCUT2D eigenvalue weighted by Crippen LogP contribution is 2.36. The number of sulfonamides is 1. The van der Waals surface area contributed by atoms with Gasteiger partial charge in [0.15, 0.2) is 0 Å². The van der Waals surface area contributed by atoms with Crippen LogP contribution in [0.1, 0.15) is 16.1 Å². The first kappa shape index (κ1) is 22.1.